The van der Waals surface area contributed by atoms with Crippen molar-refractivity contribution in [2.75, 3.05) is 6.61 Å². The highest BCUT2D eigenvalue weighted by Crippen LogP contribution is 2.09. The second-order valence-corrected chi connectivity index (χ2v) is 7.52. The number of carbonyl (C=O) groups is 3. The molecule has 0 aromatic heterocycles. The number of unbranched alkanes of at least 4 members (excludes halogenated alkanes) is 8. The number of carboxylic acids is 1. The highest BCUT2D eigenvalue weighted by atomic mass is 16.4. The van der Waals surface area contributed by atoms with Crippen LogP contribution in [0.25, 0.3) is 0 Å². The largest absolute Gasteiger partial charge is 0.480 e. The predicted molar refractivity (Wildman–Crippen MR) is 119 cm³/mol. The minimum Gasteiger partial charge on any atom is -0.480 e. The Balaban J connectivity index is 3.59. The van der Waals surface area contributed by atoms with E-state index in [2.05, 4.69) is 29.6 Å². The zero-order valence-electron chi connectivity index (χ0n) is 18.2. The lowest BCUT2D eigenvalue weighted by atomic mass is 10.1. The summed E-state index contributed by atoms with van der Waals surface area (Å²) in [5, 5.41) is 20.2. The van der Waals surface area contributed by atoms with E-state index in [1.807, 2.05) is 0 Å². The van der Waals surface area contributed by atoms with Crippen LogP contribution in [0.15, 0.2) is 24.3 Å². The van der Waals surface area contributed by atoms with E-state index in [9.17, 15) is 14.4 Å². The molecule has 0 aromatic carbocycles. The van der Waals surface area contributed by atoms with Gasteiger partial charge in [-0.3, -0.25) is 9.59 Å². The van der Waals surface area contributed by atoms with E-state index in [-0.39, 0.29) is 25.4 Å². The van der Waals surface area contributed by atoms with Crippen molar-refractivity contribution in [3.8, 4) is 0 Å². The Bertz CT molecular complexity index is 532. The smallest absolute Gasteiger partial charge is 0.326 e. The average Bonchev–Trinajstić information content (AvgIpc) is 2.70. The lowest BCUT2D eigenvalue weighted by Gasteiger charge is -2.13. The Labute approximate surface area is 180 Å². The van der Waals surface area contributed by atoms with E-state index in [1.165, 1.54) is 0 Å². The van der Waals surface area contributed by atoms with Crippen molar-refractivity contribution in [1.29, 1.82) is 0 Å². The molecule has 0 fully saturated rings. The van der Waals surface area contributed by atoms with Gasteiger partial charge in [-0.15, -0.1) is 0 Å². The summed E-state index contributed by atoms with van der Waals surface area (Å²) in [6, 6.07) is -1.06. The minimum absolute atomic E-state index is 0.0182. The van der Waals surface area contributed by atoms with Crippen LogP contribution in [0.4, 0.5) is 0 Å². The van der Waals surface area contributed by atoms with Crippen LogP contribution < -0.4 is 11.1 Å². The third kappa shape index (κ3) is 19.2. The van der Waals surface area contributed by atoms with Gasteiger partial charge >= 0.3 is 5.97 Å². The first kappa shape index (κ1) is 27.8. The molecular formula is C23H40N2O5. The van der Waals surface area contributed by atoms with Crippen molar-refractivity contribution in [3.63, 3.8) is 0 Å². The molecule has 0 aliphatic carbocycles. The summed E-state index contributed by atoms with van der Waals surface area (Å²) in [6.07, 6.45) is 20.2. The number of rotatable bonds is 20. The van der Waals surface area contributed by atoms with Gasteiger partial charge in [0.25, 0.3) is 0 Å². The number of nitrogens with two attached hydrogens (primary N) is 1. The maximum absolute atomic E-state index is 11.8. The first-order valence-corrected chi connectivity index (χ1v) is 11.2. The van der Waals surface area contributed by atoms with Crippen LogP contribution >= 0.6 is 0 Å². The maximum Gasteiger partial charge on any atom is 0.326 e. The molecule has 2 amide bonds. The Hall–Kier alpha value is -2.15. The third-order valence-electron chi connectivity index (χ3n) is 4.72. The van der Waals surface area contributed by atoms with Crippen molar-refractivity contribution in [2.45, 2.75) is 95.9 Å². The van der Waals surface area contributed by atoms with Gasteiger partial charge in [0.2, 0.25) is 11.8 Å². The molecule has 7 heteroatoms. The molecule has 0 aliphatic heterocycles. The number of aliphatic hydroxyl groups excluding tert-OH is 1. The fourth-order valence-corrected chi connectivity index (χ4v) is 2.95. The molecule has 0 rings (SSSR count). The van der Waals surface area contributed by atoms with Gasteiger partial charge in [0.1, 0.15) is 6.04 Å². The molecule has 0 saturated heterocycles. The Morgan fingerprint density at radius 2 is 1.37 bits per heavy atom. The standard InChI is InChI=1S/C23H40N2O5/c24-21(27)18-17-20(23(29)30)25-22(28)16-14-12-10-8-6-4-2-1-3-5-7-9-11-13-15-19-26/h1-2,5,7,20,26H,3-4,6,8-19H2,(H2,24,27)(H,25,28)(H,29,30)/b2-1-,7-5-/t20-/m0/s1. The summed E-state index contributed by atoms with van der Waals surface area (Å²) in [6.45, 7) is 0.286. The minimum atomic E-state index is -1.15. The van der Waals surface area contributed by atoms with E-state index in [0.29, 0.717) is 6.42 Å². The van der Waals surface area contributed by atoms with Gasteiger partial charge in [0, 0.05) is 19.4 Å². The van der Waals surface area contributed by atoms with Crippen molar-refractivity contribution in [3.05, 3.63) is 24.3 Å². The van der Waals surface area contributed by atoms with Crippen molar-refractivity contribution < 1.29 is 24.6 Å². The van der Waals surface area contributed by atoms with Gasteiger partial charge in [0.05, 0.1) is 0 Å². The third-order valence-corrected chi connectivity index (χ3v) is 4.72. The number of aliphatic carboxylic acids is 1. The van der Waals surface area contributed by atoms with Crippen LogP contribution in [0, 0.1) is 0 Å². The zero-order chi connectivity index (χ0) is 22.5. The molecule has 30 heavy (non-hydrogen) atoms. The van der Waals surface area contributed by atoms with E-state index in [4.69, 9.17) is 15.9 Å². The first-order valence-electron chi connectivity index (χ1n) is 11.2. The molecule has 0 aliphatic rings. The molecule has 5 N–H and O–H groups in total. The number of allylic oxidation sites excluding steroid dienone is 4. The maximum atomic E-state index is 11.8. The van der Waals surface area contributed by atoms with E-state index in [1.54, 1.807) is 0 Å². The fourth-order valence-electron chi connectivity index (χ4n) is 2.95. The topological polar surface area (TPSA) is 130 Å². The zero-order valence-corrected chi connectivity index (χ0v) is 18.2. The molecule has 0 aromatic rings. The SMILES string of the molecule is NC(=O)CC[C@H](NC(=O)CCCCCCC/C=C\C/C=C\CCCCCO)C(=O)O. The summed E-state index contributed by atoms with van der Waals surface area (Å²) in [7, 11) is 0. The Morgan fingerprint density at radius 1 is 0.800 bits per heavy atom. The van der Waals surface area contributed by atoms with Gasteiger partial charge in [0.15, 0.2) is 0 Å². The first-order chi connectivity index (χ1) is 14.5. The Kier molecular flexibility index (Phi) is 18.7. The summed E-state index contributed by atoms with van der Waals surface area (Å²) < 4.78 is 0. The number of aliphatic hydroxyl groups is 1. The summed E-state index contributed by atoms with van der Waals surface area (Å²) in [5.41, 5.74) is 5.02. The highest BCUT2D eigenvalue weighted by molar-refractivity contribution is 5.84. The van der Waals surface area contributed by atoms with Gasteiger partial charge in [-0.1, -0.05) is 50.0 Å². The summed E-state index contributed by atoms with van der Waals surface area (Å²) in [4.78, 5) is 33.7. The molecule has 0 radical (unpaired) electrons. The number of nitrogens with one attached hydrogen (secondary N) is 1. The Morgan fingerprint density at radius 3 is 1.93 bits per heavy atom. The quantitative estimate of drug-likeness (QED) is 0.175. The molecular weight excluding hydrogens is 384 g/mol. The van der Waals surface area contributed by atoms with Gasteiger partial charge in [-0.25, -0.2) is 4.79 Å². The number of primary amides is 1. The lowest BCUT2D eigenvalue weighted by molar-refractivity contribution is -0.142. The summed E-state index contributed by atoms with van der Waals surface area (Å²) in [5.74, 6) is -2.02. The van der Waals surface area contributed by atoms with Crippen LogP contribution in [0.2, 0.25) is 0 Å². The molecule has 0 unspecified atom stereocenters. The normalized spacial score (nSPS) is 12.4. The molecule has 0 saturated carbocycles. The van der Waals surface area contributed by atoms with E-state index < -0.39 is 17.9 Å². The second-order valence-electron chi connectivity index (χ2n) is 7.52. The van der Waals surface area contributed by atoms with Gasteiger partial charge in [-0.2, -0.15) is 0 Å². The molecule has 1 atom stereocenters. The van der Waals surface area contributed by atoms with E-state index >= 15 is 0 Å². The molecule has 0 spiro atoms. The van der Waals surface area contributed by atoms with Crippen LogP contribution in [-0.4, -0.2) is 40.6 Å². The van der Waals surface area contributed by atoms with Crippen LogP contribution in [-0.2, 0) is 14.4 Å². The van der Waals surface area contributed by atoms with Crippen molar-refractivity contribution in [1.82, 2.24) is 5.32 Å². The van der Waals surface area contributed by atoms with Crippen LogP contribution in [0.1, 0.15) is 89.9 Å². The van der Waals surface area contributed by atoms with E-state index in [0.717, 1.165) is 70.6 Å². The second kappa shape index (κ2) is 20.1. The van der Waals surface area contributed by atoms with Crippen LogP contribution in [0.5, 0.6) is 0 Å². The lowest BCUT2D eigenvalue weighted by Crippen LogP contribution is -2.41. The molecule has 7 nitrogen and oxygen atoms in total. The number of hydrogen-bond donors (Lipinski definition) is 4. The number of carbonyl (C=O) groups excluding carboxylic acids is 2. The number of amides is 2. The molecule has 0 bridgehead atoms. The molecule has 172 valence electrons. The predicted octanol–water partition coefficient (Wildman–Crippen LogP) is 3.61. The van der Waals surface area contributed by atoms with Crippen molar-refractivity contribution >= 4 is 17.8 Å². The van der Waals surface area contributed by atoms with Gasteiger partial charge in [-0.05, 0) is 51.4 Å². The fraction of sp³-hybridized carbons (Fsp3) is 0.696. The average molecular weight is 425 g/mol. The van der Waals surface area contributed by atoms with Crippen LogP contribution in [0.3, 0.4) is 0 Å². The van der Waals surface area contributed by atoms with Gasteiger partial charge < -0.3 is 21.3 Å². The number of carboxylic acid groups (broad SMARTS) is 1. The molecule has 0 heterocycles. The van der Waals surface area contributed by atoms with Crippen molar-refractivity contribution in [2.24, 2.45) is 5.73 Å². The highest BCUT2D eigenvalue weighted by Gasteiger charge is 2.20. The number of hydrogen-bond acceptors (Lipinski definition) is 4. The monoisotopic (exact) mass is 424 g/mol. The summed E-state index contributed by atoms with van der Waals surface area (Å²) >= 11 is 0.